The van der Waals surface area contributed by atoms with E-state index in [9.17, 15) is 4.79 Å². The Kier molecular flexibility index (Phi) is 6.81. The third-order valence-corrected chi connectivity index (χ3v) is 6.65. The van der Waals surface area contributed by atoms with Gasteiger partial charge in [0.15, 0.2) is 5.49 Å². The van der Waals surface area contributed by atoms with Gasteiger partial charge in [0.2, 0.25) is 0 Å². The number of morpholine rings is 1. The molecule has 0 saturated carbocycles. The summed E-state index contributed by atoms with van der Waals surface area (Å²) in [5.41, 5.74) is 6.60. The fourth-order valence-electron chi connectivity index (χ4n) is 4.68. The van der Waals surface area contributed by atoms with Gasteiger partial charge in [0, 0.05) is 22.9 Å². The van der Waals surface area contributed by atoms with Crippen molar-refractivity contribution in [1.29, 1.82) is 0 Å². The van der Waals surface area contributed by atoms with Gasteiger partial charge in [0.05, 0.1) is 38.4 Å². The molecule has 1 fully saturated rings. The molecule has 184 valence electrons. The molecule has 2 aromatic heterocycles. The van der Waals surface area contributed by atoms with Crippen molar-refractivity contribution >= 4 is 35.3 Å². The zero-order valence-corrected chi connectivity index (χ0v) is 21.0. The molecule has 2 aliphatic rings. The molecule has 0 N–H and O–H groups in total. The number of carbonyl (C=O) groups excluding carboxylic acids is 1. The zero-order valence-electron chi connectivity index (χ0n) is 20.1. The van der Waals surface area contributed by atoms with Crippen LogP contribution >= 0.6 is 12.4 Å². The molecule has 6 nitrogen and oxygen atoms in total. The number of fused-ring (bicyclic) bond motifs is 4. The van der Waals surface area contributed by atoms with Gasteiger partial charge in [-0.3, -0.25) is 14.4 Å². The number of pyridine rings is 2. The van der Waals surface area contributed by atoms with E-state index in [2.05, 4.69) is 43.3 Å². The standard InChI is InChI=1S/C29H27N3O3.ClH/c1-20-2-4-21(5-3-20)23-8-11-27-25(18-23)19-24(12-15-35-27)29(33)32-26-9-6-22(7-10-26)28(32)30-31-13-16-34-17-14-31;/h2-11,18-19H,12-17H2,1H3;1H/b30-28+;. The summed E-state index contributed by atoms with van der Waals surface area (Å²) in [6.07, 6.45) is 2.51. The lowest BCUT2D eigenvalue weighted by atomic mass is 10.00. The third-order valence-electron chi connectivity index (χ3n) is 6.65. The first-order valence-corrected chi connectivity index (χ1v) is 12.1. The molecule has 4 heterocycles. The highest BCUT2D eigenvalue weighted by Gasteiger charge is 2.21. The molecule has 36 heavy (non-hydrogen) atoms. The smallest absolute Gasteiger partial charge is 0.260 e. The number of rotatable bonds is 3. The van der Waals surface area contributed by atoms with E-state index in [4.69, 9.17) is 14.6 Å². The minimum atomic E-state index is -0.0598. The van der Waals surface area contributed by atoms with E-state index in [-0.39, 0.29) is 18.3 Å². The number of ether oxygens (including phenoxy) is 2. The molecule has 2 aliphatic heterocycles. The van der Waals surface area contributed by atoms with Crippen molar-refractivity contribution in [2.75, 3.05) is 32.9 Å². The second-order valence-electron chi connectivity index (χ2n) is 9.06. The Morgan fingerprint density at radius 1 is 0.889 bits per heavy atom. The van der Waals surface area contributed by atoms with Crippen molar-refractivity contribution in [1.82, 2.24) is 9.58 Å². The van der Waals surface area contributed by atoms with E-state index in [0.29, 0.717) is 50.4 Å². The van der Waals surface area contributed by atoms with Crippen LogP contribution in [0.2, 0.25) is 0 Å². The number of hydrogen-bond donors (Lipinski definition) is 0. The minimum absolute atomic E-state index is 0. The monoisotopic (exact) mass is 501 g/mol. The Balaban J connectivity index is 0.00000267. The van der Waals surface area contributed by atoms with Crippen molar-refractivity contribution in [3.63, 3.8) is 0 Å². The highest BCUT2D eigenvalue weighted by atomic mass is 35.5. The molecule has 7 heteroatoms. The maximum atomic E-state index is 13.9. The van der Waals surface area contributed by atoms with Crippen LogP contribution in [0.4, 0.5) is 0 Å². The zero-order chi connectivity index (χ0) is 23.8. The van der Waals surface area contributed by atoms with Crippen LogP contribution in [0.1, 0.15) is 22.3 Å². The second-order valence-corrected chi connectivity index (χ2v) is 9.06. The summed E-state index contributed by atoms with van der Waals surface area (Å²) >= 11 is 0. The van der Waals surface area contributed by atoms with Gasteiger partial charge in [-0.1, -0.05) is 35.9 Å². The molecule has 0 atom stereocenters. The van der Waals surface area contributed by atoms with Crippen LogP contribution in [-0.2, 0) is 4.74 Å². The van der Waals surface area contributed by atoms with E-state index in [0.717, 1.165) is 33.3 Å². The quantitative estimate of drug-likeness (QED) is 0.390. The van der Waals surface area contributed by atoms with E-state index < -0.39 is 0 Å². The number of aromatic nitrogens is 1. The van der Waals surface area contributed by atoms with Gasteiger partial charge in [0.25, 0.3) is 5.91 Å². The highest BCUT2D eigenvalue weighted by Crippen LogP contribution is 2.31. The average molecular weight is 502 g/mol. The fourth-order valence-corrected chi connectivity index (χ4v) is 4.68. The lowest BCUT2D eigenvalue weighted by Gasteiger charge is -2.24. The Bertz CT molecular complexity index is 1460. The topological polar surface area (TPSA) is 56.1 Å². The summed E-state index contributed by atoms with van der Waals surface area (Å²) in [5, 5.41) is 7.79. The molecule has 0 radical (unpaired) electrons. The Morgan fingerprint density at radius 3 is 2.36 bits per heavy atom. The molecule has 3 aromatic carbocycles. The lowest BCUT2D eigenvalue weighted by molar-refractivity contribution is 0.0366. The fraction of sp³-hybridized carbons (Fsp3) is 0.241. The number of nitrogens with zero attached hydrogens (tertiary/aromatic N) is 3. The Labute approximate surface area is 216 Å². The lowest BCUT2D eigenvalue weighted by Crippen LogP contribution is -2.37. The minimum Gasteiger partial charge on any atom is -0.493 e. The predicted molar refractivity (Wildman–Crippen MR) is 144 cm³/mol. The van der Waals surface area contributed by atoms with Crippen LogP contribution < -0.4 is 10.2 Å². The number of halogens is 1. The maximum Gasteiger partial charge on any atom is 0.260 e. The van der Waals surface area contributed by atoms with Crippen LogP contribution in [0.5, 0.6) is 5.75 Å². The summed E-state index contributed by atoms with van der Waals surface area (Å²) < 4.78 is 13.2. The highest BCUT2D eigenvalue weighted by molar-refractivity contribution is 6.03. The maximum absolute atomic E-state index is 13.9. The molecular formula is C29H28ClN3O3. The van der Waals surface area contributed by atoms with Gasteiger partial charge < -0.3 is 9.47 Å². The summed E-state index contributed by atoms with van der Waals surface area (Å²) in [5.74, 6) is 0.739. The van der Waals surface area contributed by atoms with Gasteiger partial charge >= 0.3 is 0 Å². The van der Waals surface area contributed by atoms with Crippen molar-refractivity contribution in [3.05, 3.63) is 88.9 Å². The Morgan fingerprint density at radius 2 is 1.61 bits per heavy atom. The van der Waals surface area contributed by atoms with Crippen LogP contribution in [0.3, 0.4) is 0 Å². The molecule has 0 unspecified atom stereocenters. The van der Waals surface area contributed by atoms with E-state index in [1.54, 1.807) is 4.57 Å². The molecule has 7 rings (SSSR count). The predicted octanol–water partition coefficient (Wildman–Crippen LogP) is 5.13. The number of benzene rings is 3. The van der Waals surface area contributed by atoms with Crippen molar-refractivity contribution in [2.45, 2.75) is 13.3 Å². The molecule has 0 aliphatic carbocycles. The van der Waals surface area contributed by atoms with Crippen molar-refractivity contribution < 1.29 is 14.3 Å². The third kappa shape index (κ3) is 4.62. The van der Waals surface area contributed by atoms with Gasteiger partial charge in [-0.15, -0.1) is 12.4 Å². The summed E-state index contributed by atoms with van der Waals surface area (Å²) in [4.78, 5) is 13.9. The molecule has 5 aromatic rings. The molecule has 2 bridgehead atoms. The first kappa shape index (κ1) is 24.1. The first-order chi connectivity index (χ1) is 17.2. The summed E-state index contributed by atoms with van der Waals surface area (Å²) in [6.45, 7) is 5.26. The average Bonchev–Trinajstić information content (AvgIpc) is 3.12. The normalized spacial score (nSPS) is 16.1. The molecule has 0 amide bonds. The summed E-state index contributed by atoms with van der Waals surface area (Å²) in [6, 6.07) is 22.6. The van der Waals surface area contributed by atoms with Crippen molar-refractivity contribution in [2.24, 2.45) is 5.10 Å². The van der Waals surface area contributed by atoms with Gasteiger partial charge in [-0.2, -0.15) is 5.10 Å². The van der Waals surface area contributed by atoms with E-state index in [1.807, 2.05) is 41.4 Å². The largest absolute Gasteiger partial charge is 0.493 e. The molecule has 0 spiro atoms. The van der Waals surface area contributed by atoms with Crippen molar-refractivity contribution in [3.8, 4) is 16.9 Å². The summed E-state index contributed by atoms with van der Waals surface area (Å²) in [7, 11) is 0. The number of hydrogen-bond acceptors (Lipinski definition) is 5. The first-order valence-electron chi connectivity index (χ1n) is 12.1. The van der Waals surface area contributed by atoms with Crippen LogP contribution in [0.25, 0.3) is 28.1 Å². The SMILES string of the molecule is Cc1ccc(-c2ccc3c(c2)C=C(C(=O)n2/c(=N/N4CCOCC4)c4ccc2cc4)CCO3)cc1.Cl. The molecular weight excluding hydrogens is 474 g/mol. The van der Waals surface area contributed by atoms with Crippen LogP contribution in [0.15, 0.2) is 77.4 Å². The van der Waals surface area contributed by atoms with Gasteiger partial charge in [0.1, 0.15) is 5.75 Å². The van der Waals surface area contributed by atoms with E-state index >= 15 is 0 Å². The number of carbonyl (C=O) groups is 1. The van der Waals surface area contributed by atoms with E-state index in [1.165, 1.54) is 5.56 Å². The van der Waals surface area contributed by atoms with Crippen LogP contribution in [0, 0.1) is 6.92 Å². The second kappa shape index (κ2) is 10.2. The van der Waals surface area contributed by atoms with Crippen LogP contribution in [-0.4, -0.2) is 48.4 Å². The van der Waals surface area contributed by atoms with Gasteiger partial charge in [-0.05, 0) is 60.5 Å². The van der Waals surface area contributed by atoms with Gasteiger partial charge in [-0.25, -0.2) is 0 Å². The number of aryl methyl sites for hydroxylation is 1. The molecule has 1 saturated heterocycles. The Hall–Kier alpha value is -3.61.